The number of aryl methyl sites for hydroxylation is 1. The second kappa shape index (κ2) is 18.5. The molecule has 7 N–H and O–H groups in total. The first-order valence-corrected chi connectivity index (χ1v) is 24.2. The molecule has 2 fully saturated rings. The number of guanidine groups is 1. The van der Waals surface area contributed by atoms with Gasteiger partial charge >= 0.3 is 29.6 Å². The van der Waals surface area contributed by atoms with Gasteiger partial charge in [-0.15, -0.1) is 0 Å². The summed E-state index contributed by atoms with van der Waals surface area (Å²) >= 11 is 0. The van der Waals surface area contributed by atoms with E-state index in [1.807, 2.05) is 54.6 Å². The van der Waals surface area contributed by atoms with Crippen LogP contribution in [0.25, 0.3) is 0 Å². The molecular formula is C50H60N3NaO8S. The number of phenols is 1. The van der Waals surface area contributed by atoms with Gasteiger partial charge in [-0.2, -0.15) is 0 Å². The summed E-state index contributed by atoms with van der Waals surface area (Å²) in [6, 6.07) is 19.0. The van der Waals surface area contributed by atoms with Crippen molar-refractivity contribution in [1.82, 2.24) is 0 Å². The molecule has 0 unspecified atom stereocenters. The molecule has 5 aliphatic heterocycles. The third kappa shape index (κ3) is 9.50. The van der Waals surface area contributed by atoms with E-state index in [2.05, 4.69) is 18.8 Å². The maximum atomic E-state index is 14.0. The number of nitrogens with two attached hydrogens (primary N) is 2. The first-order valence-electron chi connectivity index (χ1n) is 22.7. The zero-order valence-corrected chi connectivity index (χ0v) is 39.4. The zero-order chi connectivity index (χ0) is 43.4. The molecule has 3 aromatic carbocycles. The molecule has 11 nitrogen and oxygen atoms in total. The van der Waals surface area contributed by atoms with Gasteiger partial charge in [-0.1, -0.05) is 80.5 Å². The Morgan fingerprint density at radius 3 is 2.48 bits per heavy atom. The Morgan fingerprint density at radius 1 is 0.984 bits per heavy atom. The topological polar surface area (TPSA) is 201 Å². The van der Waals surface area contributed by atoms with Crippen molar-refractivity contribution >= 4 is 16.1 Å². The molecule has 330 valence electrons. The van der Waals surface area contributed by atoms with Crippen molar-refractivity contribution in [1.29, 1.82) is 0 Å². The quantitative estimate of drug-likeness (QED) is 0.0594. The molecule has 10 bridgehead atoms. The number of hydrogen-bond acceptors (Lipinski definition) is 9. The molecule has 8 aliphatic rings. The Balaban J connectivity index is 0.00000544. The van der Waals surface area contributed by atoms with Crippen LogP contribution in [0.3, 0.4) is 0 Å². The second-order valence-corrected chi connectivity index (χ2v) is 20.9. The largest absolute Gasteiger partial charge is 1.00 e. The summed E-state index contributed by atoms with van der Waals surface area (Å²) in [4.78, 5) is 4.86. The SMILES string of the molecule is C[C@@H]1CCc2cc3ccc2[C@H]1C[C@@H](S(=O)(=O)[O-])[C@H]1C=C2C[C@H](C[C@H]4C[C@@H](CO)CC#Cc5cc(O)ccc5[C@@H]2O4)[C@@H]1c1ccc(cc1)[C@](CCC1(O)CCCCC1)(N=C(N)N)O3.[Na+]. The van der Waals surface area contributed by atoms with Gasteiger partial charge in [-0.25, -0.2) is 13.4 Å². The molecule has 0 amide bonds. The van der Waals surface area contributed by atoms with Crippen molar-refractivity contribution in [3.05, 3.63) is 106 Å². The number of aliphatic hydroxyl groups is 2. The van der Waals surface area contributed by atoms with Gasteiger partial charge in [0.25, 0.3) is 0 Å². The van der Waals surface area contributed by atoms with E-state index in [4.69, 9.17) is 25.9 Å². The van der Waals surface area contributed by atoms with Crippen LogP contribution in [0, 0.1) is 35.5 Å². The minimum atomic E-state index is -4.88. The number of nitrogens with zero attached hydrogens (tertiary/aromatic N) is 1. The minimum absolute atomic E-state index is 0. The molecule has 63 heavy (non-hydrogen) atoms. The monoisotopic (exact) mass is 885 g/mol. The number of aromatic hydroxyl groups is 1. The van der Waals surface area contributed by atoms with Crippen molar-refractivity contribution in [2.75, 3.05) is 6.61 Å². The van der Waals surface area contributed by atoms with E-state index in [1.54, 1.807) is 12.1 Å². The van der Waals surface area contributed by atoms with Gasteiger partial charge in [-0.3, -0.25) is 0 Å². The predicted octanol–water partition coefficient (Wildman–Crippen LogP) is 4.29. The van der Waals surface area contributed by atoms with Crippen LogP contribution in [0.5, 0.6) is 11.5 Å². The number of fused-ring (bicyclic) bond motifs is 9. The Bertz CT molecular complexity index is 2400. The van der Waals surface area contributed by atoms with E-state index in [-0.39, 0.29) is 90.0 Å². The molecule has 5 heterocycles. The van der Waals surface area contributed by atoms with Crippen LogP contribution < -0.4 is 45.8 Å². The maximum absolute atomic E-state index is 14.0. The van der Waals surface area contributed by atoms with Crippen molar-refractivity contribution in [3.63, 3.8) is 0 Å². The van der Waals surface area contributed by atoms with E-state index in [9.17, 15) is 28.3 Å². The van der Waals surface area contributed by atoms with Crippen molar-refractivity contribution in [2.24, 2.45) is 40.1 Å². The third-order valence-corrected chi connectivity index (χ3v) is 16.5. The van der Waals surface area contributed by atoms with Gasteiger partial charge in [0.15, 0.2) is 5.96 Å². The van der Waals surface area contributed by atoms with Crippen LogP contribution in [0.1, 0.15) is 142 Å². The fraction of sp³-hybridized carbons (Fsp3) is 0.540. The van der Waals surface area contributed by atoms with Crippen LogP contribution in [-0.4, -0.2) is 57.8 Å². The Kier molecular flexibility index (Phi) is 13.5. The number of allylic oxidation sites excluding steroid dienone is 1. The third-order valence-electron chi connectivity index (χ3n) is 15.3. The summed E-state index contributed by atoms with van der Waals surface area (Å²) in [5, 5.41) is 31.6. The molecule has 10 atom stereocenters. The first kappa shape index (κ1) is 46.2. The number of rotatable bonds is 6. The predicted molar refractivity (Wildman–Crippen MR) is 236 cm³/mol. The minimum Gasteiger partial charge on any atom is -0.748 e. The molecule has 1 saturated carbocycles. The van der Waals surface area contributed by atoms with E-state index in [0.717, 1.165) is 59.9 Å². The molecule has 13 heteroatoms. The van der Waals surface area contributed by atoms with Crippen molar-refractivity contribution < 1.29 is 67.3 Å². The number of aliphatic hydroxyl groups excluding tert-OH is 1. The van der Waals surface area contributed by atoms with Crippen LogP contribution in [0.15, 0.2) is 77.3 Å². The number of benzene rings is 3. The Labute approximate surface area is 394 Å². The van der Waals surface area contributed by atoms with Crippen LogP contribution >= 0.6 is 0 Å². The van der Waals surface area contributed by atoms with Crippen molar-refractivity contribution in [2.45, 2.75) is 137 Å². The molecule has 3 aromatic rings. The molecule has 0 spiro atoms. The molecule has 11 rings (SSSR count). The van der Waals surface area contributed by atoms with Crippen LogP contribution in [0.4, 0.5) is 0 Å². The second-order valence-electron chi connectivity index (χ2n) is 19.3. The van der Waals surface area contributed by atoms with E-state index in [0.29, 0.717) is 68.2 Å². The normalized spacial score (nSPS) is 31.9. The van der Waals surface area contributed by atoms with E-state index in [1.165, 1.54) is 0 Å². The van der Waals surface area contributed by atoms with Gasteiger partial charge in [0.05, 0.1) is 27.1 Å². The fourth-order valence-corrected chi connectivity index (χ4v) is 13.2. The number of ether oxygens (including phenoxy) is 2. The van der Waals surface area contributed by atoms with Crippen LogP contribution in [-0.2, 0) is 27.0 Å². The number of aliphatic imine (C=N–C) groups is 1. The van der Waals surface area contributed by atoms with E-state index >= 15 is 0 Å². The van der Waals surface area contributed by atoms with Gasteiger partial charge in [0, 0.05) is 36.1 Å². The summed E-state index contributed by atoms with van der Waals surface area (Å²) in [5.74, 6) is 5.52. The smallest absolute Gasteiger partial charge is 0.748 e. The fourth-order valence-electron chi connectivity index (χ4n) is 12.1. The molecule has 1 saturated heterocycles. The molecule has 0 aromatic heterocycles. The van der Waals surface area contributed by atoms with Gasteiger partial charge in [0.1, 0.15) is 17.6 Å². The number of phenolic OH excluding ortho intramolecular Hbond substituents is 1. The average molecular weight is 886 g/mol. The first-order chi connectivity index (χ1) is 29.7. The van der Waals surface area contributed by atoms with Gasteiger partial charge in [-0.05, 0) is 140 Å². The zero-order valence-electron chi connectivity index (χ0n) is 36.5. The summed E-state index contributed by atoms with van der Waals surface area (Å²) < 4.78 is 56.1. The summed E-state index contributed by atoms with van der Waals surface area (Å²) in [6.45, 7) is 2.08. The summed E-state index contributed by atoms with van der Waals surface area (Å²) in [5.41, 5.74) is 16.2. The standard InChI is InChI=1S/C50H61N3O8S.Na/c1-30-8-9-34-25-39-15-17-41(34)43(30)28-45(62(57,58)59)44-27-36-23-35(26-40-22-31(29-54)6-5-7-33-24-38(55)14-16-42(33)47(36)60-40)46(44)32-10-12-37(13-11-32)50(61-39,53-48(51)52)21-20-49(56)18-3-2-4-19-49;/h10-17,24-25,27,30-31,35,40,43-47,54-56H,2-4,6,8-9,18-23,26,28-29H2,1H3,(H4,51,52,53)(H,57,58,59);/q;+1/p-1/t30-,31+,35-,40-,43+,44-,45-,46+,47-,50-;/m1./s1. The number of hydrogen-bond donors (Lipinski definition) is 5. The van der Waals surface area contributed by atoms with E-state index < -0.39 is 38.7 Å². The maximum Gasteiger partial charge on any atom is 1.00 e. The van der Waals surface area contributed by atoms with Gasteiger partial charge < -0.3 is 40.8 Å². The summed E-state index contributed by atoms with van der Waals surface area (Å²) in [7, 11) is -4.88. The average Bonchev–Trinajstić information content (AvgIpc) is 3.37. The van der Waals surface area contributed by atoms with Gasteiger partial charge in [0.2, 0.25) is 5.72 Å². The molecular weight excluding hydrogens is 826 g/mol. The van der Waals surface area contributed by atoms with Crippen molar-refractivity contribution in [3.8, 4) is 23.3 Å². The summed E-state index contributed by atoms with van der Waals surface area (Å²) in [6.07, 6.45) is 10.1. The Hall–Kier alpha value is -3.38. The molecule has 0 radical (unpaired) electrons. The molecule has 3 aliphatic carbocycles. The van der Waals surface area contributed by atoms with Crippen LogP contribution in [0.2, 0.25) is 0 Å². The Morgan fingerprint density at radius 2 is 1.75 bits per heavy atom.